The molecule has 0 spiro atoms. The van der Waals surface area contributed by atoms with Crippen LogP contribution in [0.25, 0.3) is 17.3 Å². The number of benzene rings is 1. The summed E-state index contributed by atoms with van der Waals surface area (Å²) in [7, 11) is 3.18. The molecule has 0 atom stereocenters. The van der Waals surface area contributed by atoms with E-state index >= 15 is 0 Å². The van der Waals surface area contributed by atoms with E-state index in [0.717, 1.165) is 5.76 Å². The maximum Gasteiger partial charge on any atom is 0.239 e. The summed E-state index contributed by atoms with van der Waals surface area (Å²) < 4.78 is 21.1. The smallest absolute Gasteiger partial charge is 0.239 e. The van der Waals surface area contributed by atoms with Crippen LogP contribution in [0.3, 0.4) is 0 Å². The van der Waals surface area contributed by atoms with Crippen molar-refractivity contribution < 1.29 is 13.9 Å². The Morgan fingerprint density at radius 1 is 1.09 bits per heavy atom. The molecular weight excluding hydrogens is 316 g/mol. The molecule has 3 rings (SSSR count). The van der Waals surface area contributed by atoms with Crippen LogP contribution in [0.2, 0.25) is 0 Å². The molecule has 0 aliphatic carbocycles. The number of hydrogen-bond acceptors (Lipinski definition) is 7. The van der Waals surface area contributed by atoms with Gasteiger partial charge in [0.25, 0.3) is 0 Å². The van der Waals surface area contributed by atoms with E-state index in [0.29, 0.717) is 34.7 Å². The van der Waals surface area contributed by atoms with Crippen molar-refractivity contribution in [3.8, 4) is 28.8 Å². The van der Waals surface area contributed by atoms with E-state index < -0.39 is 0 Å². The molecule has 1 aromatic carbocycles. The summed E-state index contributed by atoms with van der Waals surface area (Å²) in [6.45, 7) is 1.87. The van der Waals surface area contributed by atoms with Gasteiger partial charge in [0.2, 0.25) is 11.8 Å². The number of aryl methyl sites for hydroxylation is 1. The summed E-state index contributed by atoms with van der Waals surface area (Å²) in [6.07, 6.45) is 0. The molecule has 0 radical (unpaired) electrons. The third-order valence-corrected chi connectivity index (χ3v) is 3.55. The van der Waals surface area contributed by atoms with E-state index in [1.807, 2.05) is 37.3 Å². The quantitative estimate of drug-likeness (QED) is 0.699. The van der Waals surface area contributed by atoms with Gasteiger partial charge in [-0.1, -0.05) is 18.9 Å². The first-order valence-electron chi connectivity index (χ1n) is 6.83. The molecule has 7 nitrogen and oxygen atoms in total. The molecular formula is C15H16N4O3S. The van der Waals surface area contributed by atoms with Crippen molar-refractivity contribution in [2.45, 2.75) is 6.92 Å². The number of aromatic nitrogens is 3. The first kappa shape index (κ1) is 15.3. The lowest BCUT2D eigenvalue weighted by molar-refractivity contribution is 0.391. The van der Waals surface area contributed by atoms with Crippen LogP contribution >= 0.6 is 12.8 Å². The van der Waals surface area contributed by atoms with Crippen molar-refractivity contribution in [3.63, 3.8) is 0 Å². The van der Waals surface area contributed by atoms with Gasteiger partial charge in [-0.2, -0.15) is 0 Å². The summed E-state index contributed by atoms with van der Waals surface area (Å²) in [4.78, 5) is 0. The van der Waals surface area contributed by atoms with Crippen LogP contribution in [0.4, 0.5) is 5.95 Å². The monoisotopic (exact) mass is 332 g/mol. The minimum atomic E-state index is 0.417. The van der Waals surface area contributed by atoms with Crippen LogP contribution in [0.15, 0.2) is 34.7 Å². The number of nitrogens with one attached hydrogen (secondary N) is 1. The molecule has 23 heavy (non-hydrogen) atoms. The molecule has 120 valence electrons. The fourth-order valence-corrected chi connectivity index (χ4v) is 2.48. The Morgan fingerprint density at radius 3 is 2.30 bits per heavy atom. The average molecular weight is 332 g/mol. The van der Waals surface area contributed by atoms with Crippen molar-refractivity contribution in [1.82, 2.24) is 14.8 Å². The molecule has 2 aromatic heterocycles. The Bertz CT molecular complexity index is 806. The molecule has 0 unspecified atom stereocenters. The summed E-state index contributed by atoms with van der Waals surface area (Å²) >= 11 is 4.10. The Balaban J connectivity index is 2.30. The fraction of sp³-hybridized carbons (Fsp3) is 0.200. The highest BCUT2D eigenvalue weighted by molar-refractivity contribution is 7.81. The third kappa shape index (κ3) is 2.61. The molecule has 1 N–H and O–H groups in total. The molecule has 0 aliphatic rings. The van der Waals surface area contributed by atoms with E-state index in [9.17, 15) is 0 Å². The average Bonchev–Trinajstić information content (AvgIpc) is 3.19. The molecule has 0 fully saturated rings. The highest BCUT2D eigenvalue weighted by atomic mass is 32.1. The lowest BCUT2D eigenvalue weighted by Crippen LogP contribution is -2.05. The van der Waals surface area contributed by atoms with Gasteiger partial charge in [0, 0.05) is 0 Å². The van der Waals surface area contributed by atoms with Crippen molar-refractivity contribution in [3.05, 3.63) is 36.1 Å². The molecule has 0 saturated carbocycles. The zero-order valence-corrected chi connectivity index (χ0v) is 13.8. The maximum absolute atomic E-state index is 5.68. The van der Waals surface area contributed by atoms with Gasteiger partial charge in [-0.25, -0.2) is 0 Å². The Kier molecular flexibility index (Phi) is 4.16. The van der Waals surface area contributed by atoms with Gasteiger partial charge in [0.15, 0.2) is 5.76 Å². The zero-order chi connectivity index (χ0) is 16.4. The van der Waals surface area contributed by atoms with Gasteiger partial charge in [0.1, 0.15) is 22.9 Å². The summed E-state index contributed by atoms with van der Waals surface area (Å²) in [6, 6.07) is 9.20. The van der Waals surface area contributed by atoms with Crippen LogP contribution < -0.4 is 14.2 Å². The standard InChI is InChI=1S/C15H16N4O3S/c1-9-7-8-12(22-9)14-16-17-15(18-23)19(14)13-10(20-2)5-4-6-11(13)21-3/h4-8,23H,1-3H3,(H,17,18). The van der Waals surface area contributed by atoms with Gasteiger partial charge in [-0.3, -0.25) is 4.57 Å². The number of nitrogens with zero attached hydrogens (tertiary/aromatic N) is 3. The van der Waals surface area contributed by atoms with Crippen LogP contribution in [0.5, 0.6) is 11.5 Å². The van der Waals surface area contributed by atoms with Crippen LogP contribution in [-0.4, -0.2) is 29.0 Å². The highest BCUT2D eigenvalue weighted by Gasteiger charge is 2.23. The Hall–Kier alpha value is -2.61. The van der Waals surface area contributed by atoms with E-state index in [1.54, 1.807) is 18.8 Å². The predicted octanol–water partition coefficient (Wildman–Crippen LogP) is 3.11. The first-order chi connectivity index (χ1) is 11.2. The van der Waals surface area contributed by atoms with Crippen LogP contribution in [0.1, 0.15) is 5.76 Å². The van der Waals surface area contributed by atoms with E-state index in [2.05, 4.69) is 27.7 Å². The fourth-order valence-electron chi connectivity index (χ4n) is 2.33. The topological polar surface area (TPSA) is 74.3 Å². The summed E-state index contributed by atoms with van der Waals surface area (Å²) in [5.41, 5.74) is 0.656. The van der Waals surface area contributed by atoms with Gasteiger partial charge in [-0.05, 0) is 31.2 Å². The molecule has 0 saturated heterocycles. The summed E-state index contributed by atoms with van der Waals surface area (Å²) in [5.74, 6) is 3.51. The number of para-hydroxylation sites is 1. The second-order valence-electron chi connectivity index (χ2n) is 4.72. The van der Waals surface area contributed by atoms with E-state index in [-0.39, 0.29) is 0 Å². The normalized spacial score (nSPS) is 10.6. The minimum Gasteiger partial charge on any atom is -0.494 e. The number of rotatable bonds is 5. The Labute approximate surface area is 138 Å². The second-order valence-corrected chi connectivity index (χ2v) is 4.94. The van der Waals surface area contributed by atoms with Gasteiger partial charge in [0.05, 0.1) is 14.2 Å². The van der Waals surface area contributed by atoms with Crippen LogP contribution in [-0.2, 0) is 0 Å². The SMILES string of the molecule is COc1cccc(OC)c1-n1c(NS)nnc1-c1ccc(C)o1. The molecule has 8 heteroatoms. The predicted molar refractivity (Wildman–Crippen MR) is 89.5 cm³/mol. The van der Waals surface area contributed by atoms with Crippen molar-refractivity contribution in [2.24, 2.45) is 0 Å². The zero-order valence-electron chi connectivity index (χ0n) is 12.9. The van der Waals surface area contributed by atoms with E-state index in [4.69, 9.17) is 13.9 Å². The highest BCUT2D eigenvalue weighted by Crippen LogP contribution is 2.37. The number of furan rings is 1. The molecule has 3 aromatic rings. The van der Waals surface area contributed by atoms with Crippen molar-refractivity contribution in [2.75, 3.05) is 18.9 Å². The third-order valence-electron chi connectivity index (χ3n) is 3.35. The van der Waals surface area contributed by atoms with Gasteiger partial charge in [-0.15, -0.1) is 10.2 Å². The number of methoxy groups -OCH3 is 2. The number of ether oxygens (including phenoxy) is 2. The minimum absolute atomic E-state index is 0.417. The number of thiol groups is 1. The maximum atomic E-state index is 5.68. The first-order valence-corrected chi connectivity index (χ1v) is 7.28. The van der Waals surface area contributed by atoms with Crippen molar-refractivity contribution >= 4 is 18.8 Å². The van der Waals surface area contributed by atoms with Gasteiger partial charge >= 0.3 is 0 Å². The molecule has 0 bridgehead atoms. The number of hydrogen-bond donors (Lipinski definition) is 2. The summed E-state index contributed by atoms with van der Waals surface area (Å²) in [5, 5.41) is 8.30. The van der Waals surface area contributed by atoms with Crippen LogP contribution in [0, 0.1) is 6.92 Å². The molecule has 2 heterocycles. The largest absolute Gasteiger partial charge is 0.494 e. The lowest BCUT2D eigenvalue weighted by atomic mass is 10.2. The Morgan fingerprint density at radius 2 is 1.78 bits per heavy atom. The second kappa shape index (κ2) is 6.25. The van der Waals surface area contributed by atoms with Gasteiger partial charge < -0.3 is 18.6 Å². The molecule has 0 aliphatic heterocycles. The van der Waals surface area contributed by atoms with Crippen molar-refractivity contribution in [1.29, 1.82) is 0 Å². The number of anilines is 1. The van der Waals surface area contributed by atoms with E-state index in [1.165, 1.54) is 0 Å². The lowest BCUT2D eigenvalue weighted by Gasteiger charge is -2.16. The molecule has 0 amide bonds.